The molecule has 3 aromatic rings. The Bertz CT molecular complexity index is 898. The van der Waals surface area contributed by atoms with Gasteiger partial charge in [0.1, 0.15) is 12.4 Å². The van der Waals surface area contributed by atoms with E-state index < -0.39 is 0 Å². The molecule has 7 heteroatoms. The van der Waals surface area contributed by atoms with Gasteiger partial charge >= 0.3 is 0 Å². The molecule has 0 aliphatic rings. The quantitative estimate of drug-likeness (QED) is 0.465. The lowest BCUT2D eigenvalue weighted by Gasteiger charge is -2.10. The Hall–Kier alpha value is -1.69. The lowest BCUT2D eigenvalue weighted by molar-refractivity contribution is 0.286. The number of hydrogen-bond acceptors (Lipinski definition) is 4. The van der Waals surface area contributed by atoms with Crippen LogP contribution < -0.4 is 4.74 Å². The molecule has 0 spiro atoms. The Morgan fingerprint density at radius 1 is 1.08 bits per heavy atom. The maximum atomic E-state index is 6.08. The molecule has 1 aromatic heterocycles. The molecule has 2 aromatic carbocycles. The molecule has 136 valence electrons. The zero-order valence-corrected chi connectivity index (χ0v) is 16.9. The normalized spacial score (nSPS) is 10.9. The average Bonchev–Trinajstić information content (AvgIpc) is 3.04. The van der Waals surface area contributed by atoms with Crippen molar-refractivity contribution in [1.29, 1.82) is 0 Å². The van der Waals surface area contributed by atoms with E-state index in [4.69, 9.17) is 27.9 Å². The van der Waals surface area contributed by atoms with E-state index in [2.05, 4.69) is 21.7 Å². The van der Waals surface area contributed by atoms with Crippen molar-refractivity contribution >= 4 is 35.0 Å². The van der Waals surface area contributed by atoms with Crippen molar-refractivity contribution < 1.29 is 4.74 Å². The maximum absolute atomic E-state index is 6.08. The Labute approximate surface area is 167 Å². The summed E-state index contributed by atoms with van der Waals surface area (Å²) < 4.78 is 7.98. The number of aryl methyl sites for hydroxylation is 1. The standard InChI is InChI=1S/C19H19Cl2N3OS/c1-3-24-18(11-25-17-7-5-4-6-13(17)2)22-23-19(24)26-12-14-8-9-15(20)16(21)10-14/h4-10H,3,11-12H2,1-2H3. The number of para-hydroxylation sites is 1. The highest BCUT2D eigenvalue weighted by atomic mass is 35.5. The van der Waals surface area contributed by atoms with Crippen molar-refractivity contribution in [3.8, 4) is 5.75 Å². The summed E-state index contributed by atoms with van der Waals surface area (Å²) in [5.41, 5.74) is 2.19. The predicted molar refractivity (Wildman–Crippen MR) is 107 cm³/mol. The molecule has 0 atom stereocenters. The third-order valence-corrected chi connectivity index (χ3v) is 5.69. The second-order valence-electron chi connectivity index (χ2n) is 5.73. The number of benzene rings is 2. The van der Waals surface area contributed by atoms with Crippen molar-refractivity contribution in [3.63, 3.8) is 0 Å². The highest BCUT2D eigenvalue weighted by Gasteiger charge is 2.13. The first-order chi connectivity index (χ1) is 12.6. The number of rotatable bonds is 7. The summed E-state index contributed by atoms with van der Waals surface area (Å²) in [6, 6.07) is 13.6. The van der Waals surface area contributed by atoms with Crippen LogP contribution in [-0.2, 0) is 18.9 Å². The molecule has 0 fully saturated rings. The van der Waals surface area contributed by atoms with E-state index in [1.807, 2.05) is 49.4 Å². The zero-order chi connectivity index (χ0) is 18.5. The van der Waals surface area contributed by atoms with Gasteiger partial charge in [0.2, 0.25) is 0 Å². The highest BCUT2D eigenvalue weighted by Crippen LogP contribution is 2.27. The fourth-order valence-corrected chi connectivity index (χ4v) is 3.77. The van der Waals surface area contributed by atoms with Crippen LogP contribution in [0.2, 0.25) is 10.0 Å². The first kappa shape index (κ1) is 19.1. The van der Waals surface area contributed by atoms with E-state index in [9.17, 15) is 0 Å². The number of aromatic nitrogens is 3. The lowest BCUT2D eigenvalue weighted by atomic mass is 10.2. The number of ether oxygens (including phenoxy) is 1. The van der Waals surface area contributed by atoms with Gasteiger partial charge in [-0.15, -0.1) is 10.2 Å². The smallest absolute Gasteiger partial charge is 0.191 e. The van der Waals surface area contributed by atoms with Gasteiger partial charge in [-0.1, -0.05) is 59.2 Å². The van der Waals surface area contributed by atoms with Crippen LogP contribution in [0, 0.1) is 6.92 Å². The predicted octanol–water partition coefficient (Wildman–Crippen LogP) is 5.78. The van der Waals surface area contributed by atoms with E-state index >= 15 is 0 Å². The monoisotopic (exact) mass is 407 g/mol. The van der Waals surface area contributed by atoms with Gasteiger partial charge in [0.05, 0.1) is 10.0 Å². The second kappa shape index (κ2) is 8.80. The number of halogens is 2. The summed E-state index contributed by atoms with van der Waals surface area (Å²) in [4.78, 5) is 0. The number of thioether (sulfide) groups is 1. The largest absolute Gasteiger partial charge is 0.485 e. The minimum Gasteiger partial charge on any atom is -0.485 e. The third kappa shape index (κ3) is 4.53. The Kier molecular flexibility index (Phi) is 6.46. The SMILES string of the molecule is CCn1c(COc2ccccc2C)nnc1SCc1ccc(Cl)c(Cl)c1. The Morgan fingerprint density at radius 3 is 2.62 bits per heavy atom. The molecule has 0 aliphatic carbocycles. The molecular weight excluding hydrogens is 389 g/mol. The molecule has 0 saturated carbocycles. The van der Waals surface area contributed by atoms with Crippen LogP contribution in [0.25, 0.3) is 0 Å². The van der Waals surface area contributed by atoms with Gasteiger partial charge in [-0.25, -0.2) is 0 Å². The van der Waals surface area contributed by atoms with Gasteiger partial charge in [0.15, 0.2) is 11.0 Å². The Balaban J connectivity index is 1.67. The molecule has 0 bridgehead atoms. The van der Waals surface area contributed by atoms with Crippen LogP contribution in [0.4, 0.5) is 0 Å². The summed E-state index contributed by atoms with van der Waals surface area (Å²) in [6.07, 6.45) is 0. The van der Waals surface area contributed by atoms with Gasteiger partial charge in [0, 0.05) is 12.3 Å². The highest BCUT2D eigenvalue weighted by molar-refractivity contribution is 7.98. The first-order valence-corrected chi connectivity index (χ1v) is 10.00. The first-order valence-electron chi connectivity index (χ1n) is 8.25. The van der Waals surface area contributed by atoms with E-state index in [-0.39, 0.29) is 0 Å². The summed E-state index contributed by atoms with van der Waals surface area (Å²) >= 11 is 13.7. The molecule has 3 rings (SSSR count). The van der Waals surface area contributed by atoms with Gasteiger partial charge in [-0.2, -0.15) is 0 Å². The van der Waals surface area contributed by atoms with E-state index in [0.29, 0.717) is 16.7 Å². The van der Waals surface area contributed by atoms with E-state index in [1.54, 1.807) is 11.8 Å². The zero-order valence-electron chi connectivity index (χ0n) is 14.6. The van der Waals surface area contributed by atoms with Crippen LogP contribution >= 0.6 is 35.0 Å². The second-order valence-corrected chi connectivity index (χ2v) is 7.49. The van der Waals surface area contributed by atoms with Gasteiger partial charge in [0.25, 0.3) is 0 Å². The molecule has 0 aliphatic heterocycles. The lowest BCUT2D eigenvalue weighted by Crippen LogP contribution is -2.07. The average molecular weight is 408 g/mol. The Morgan fingerprint density at radius 2 is 1.88 bits per heavy atom. The molecule has 0 N–H and O–H groups in total. The van der Waals surface area contributed by atoms with Crippen LogP contribution in [0.15, 0.2) is 47.6 Å². The van der Waals surface area contributed by atoms with Crippen molar-refractivity contribution in [3.05, 3.63) is 69.5 Å². The van der Waals surface area contributed by atoms with Crippen LogP contribution in [0.1, 0.15) is 23.9 Å². The molecule has 0 amide bonds. The fourth-order valence-electron chi connectivity index (χ4n) is 2.49. The van der Waals surface area contributed by atoms with Crippen LogP contribution in [0.3, 0.4) is 0 Å². The minimum absolute atomic E-state index is 0.388. The van der Waals surface area contributed by atoms with Crippen LogP contribution in [0.5, 0.6) is 5.75 Å². The number of hydrogen-bond donors (Lipinski definition) is 0. The van der Waals surface area contributed by atoms with Gasteiger partial charge in [-0.3, -0.25) is 0 Å². The molecule has 0 radical (unpaired) electrons. The number of nitrogens with zero attached hydrogens (tertiary/aromatic N) is 3. The fraction of sp³-hybridized carbons (Fsp3) is 0.263. The minimum atomic E-state index is 0.388. The molecule has 0 saturated heterocycles. The van der Waals surface area contributed by atoms with Crippen molar-refractivity contribution in [2.75, 3.05) is 0 Å². The van der Waals surface area contributed by atoms with E-state index in [1.165, 1.54) is 0 Å². The van der Waals surface area contributed by atoms with Crippen molar-refractivity contribution in [2.24, 2.45) is 0 Å². The summed E-state index contributed by atoms with van der Waals surface area (Å²) in [7, 11) is 0. The maximum Gasteiger partial charge on any atom is 0.191 e. The molecular formula is C19H19Cl2N3OS. The van der Waals surface area contributed by atoms with Crippen molar-refractivity contribution in [2.45, 2.75) is 37.9 Å². The molecule has 4 nitrogen and oxygen atoms in total. The summed E-state index contributed by atoms with van der Waals surface area (Å²) in [5, 5.41) is 10.6. The summed E-state index contributed by atoms with van der Waals surface area (Å²) in [6.45, 7) is 5.27. The molecule has 0 unspecified atom stereocenters. The van der Waals surface area contributed by atoms with Crippen molar-refractivity contribution in [1.82, 2.24) is 14.8 Å². The van der Waals surface area contributed by atoms with Gasteiger partial charge in [-0.05, 0) is 43.2 Å². The topological polar surface area (TPSA) is 39.9 Å². The molecule has 1 heterocycles. The third-order valence-electron chi connectivity index (χ3n) is 3.91. The molecule has 26 heavy (non-hydrogen) atoms. The summed E-state index contributed by atoms with van der Waals surface area (Å²) in [5.74, 6) is 2.42. The van der Waals surface area contributed by atoms with Crippen LogP contribution in [-0.4, -0.2) is 14.8 Å². The van der Waals surface area contributed by atoms with E-state index in [0.717, 1.165) is 40.2 Å². The van der Waals surface area contributed by atoms with Gasteiger partial charge < -0.3 is 9.30 Å².